The van der Waals surface area contributed by atoms with E-state index in [0.29, 0.717) is 0 Å². The standard InChI is InChI=1S/C19H35N5O.HI/c1-3-20-19(21-10-9-18-7-5-4-6-8-18)22-11-12-23-13-15-24(16-14-23)17(2)25;/h7H,3-6,8-16H2,1-2H3,(H2,20,21,22);1H. The Hall–Kier alpha value is -0.830. The van der Waals surface area contributed by atoms with Crippen LogP contribution in [0.3, 0.4) is 0 Å². The molecule has 1 saturated heterocycles. The number of guanidine groups is 1. The lowest BCUT2D eigenvalue weighted by Crippen LogP contribution is -2.48. The number of nitrogens with one attached hydrogen (secondary N) is 2. The maximum atomic E-state index is 11.4. The van der Waals surface area contributed by atoms with Gasteiger partial charge in [-0.2, -0.15) is 0 Å². The van der Waals surface area contributed by atoms with E-state index in [2.05, 4.69) is 28.5 Å². The van der Waals surface area contributed by atoms with E-state index in [0.717, 1.165) is 64.7 Å². The molecule has 0 unspecified atom stereocenters. The Balaban J connectivity index is 0.00000338. The van der Waals surface area contributed by atoms with Gasteiger partial charge in [0.2, 0.25) is 5.91 Å². The van der Waals surface area contributed by atoms with Crippen LogP contribution in [-0.2, 0) is 4.79 Å². The average Bonchev–Trinajstić information content (AvgIpc) is 2.63. The minimum absolute atomic E-state index is 0. The fraction of sp³-hybridized carbons (Fsp3) is 0.789. The normalized spacial score (nSPS) is 18.8. The number of rotatable bonds is 7. The summed E-state index contributed by atoms with van der Waals surface area (Å²) in [5.41, 5.74) is 1.60. The minimum Gasteiger partial charge on any atom is -0.357 e. The monoisotopic (exact) mass is 477 g/mol. The summed E-state index contributed by atoms with van der Waals surface area (Å²) in [6, 6.07) is 0. The van der Waals surface area contributed by atoms with Gasteiger partial charge < -0.3 is 15.5 Å². The first-order valence-electron chi connectivity index (χ1n) is 9.87. The van der Waals surface area contributed by atoms with Crippen LogP contribution in [0.4, 0.5) is 0 Å². The largest absolute Gasteiger partial charge is 0.357 e. The number of hydrogen-bond acceptors (Lipinski definition) is 3. The predicted molar refractivity (Wildman–Crippen MR) is 119 cm³/mol. The average molecular weight is 477 g/mol. The Labute approximate surface area is 175 Å². The first kappa shape index (κ1) is 23.2. The van der Waals surface area contributed by atoms with Crippen molar-refractivity contribution in [1.82, 2.24) is 20.4 Å². The van der Waals surface area contributed by atoms with Gasteiger partial charge in [0.15, 0.2) is 5.96 Å². The Bertz CT molecular complexity index is 473. The number of aliphatic imine (C=N–C) groups is 1. The van der Waals surface area contributed by atoms with Gasteiger partial charge in [0.25, 0.3) is 0 Å². The van der Waals surface area contributed by atoms with Crippen molar-refractivity contribution in [2.45, 2.75) is 46.0 Å². The van der Waals surface area contributed by atoms with Crippen LogP contribution in [0.15, 0.2) is 16.6 Å². The van der Waals surface area contributed by atoms with E-state index in [9.17, 15) is 4.79 Å². The fourth-order valence-corrected chi connectivity index (χ4v) is 3.40. The van der Waals surface area contributed by atoms with E-state index in [-0.39, 0.29) is 29.9 Å². The first-order chi connectivity index (χ1) is 12.2. The maximum absolute atomic E-state index is 11.4. The second-order valence-corrected chi connectivity index (χ2v) is 6.89. The molecule has 1 fully saturated rings. The number of amides is 1. The molecule has 26 heavy (non-hydrogen) atoms. The molecule has 2 aliphatic rings. The van der Waals surface area contributed by atoms with Gasteiger partial charge in [-0.05, 0) is 39.0 Å². The second kappa shape index (κ2) is 13.4. The zero-order chi connectivity index (χ0) is 17.9. The van der Waals surface area contributed by atoms with Crippen molar-refractivity contribution in [2.24, 2.45) is 4.99 Å². The van der Waals surface area contributed by atoms with Gasteiger partial charge in [-0.25, -0.2) is 0 Å². The third-order valence-electron chi connectivity index (χ3n) is 4.97. The lowest BCUT2D eigenvalue weighted by Gasteiger charge is -2.33. The Morgan fingerprint density at radius 3 is 2.58 bits per heavy atom. The van der Waals surface area contributed by atoms with E-state index in [1.54, 1.807) is 12.5 Å². The number of halogens is 1. The third-order valence-corrected chi connectivity index (χ3v) is 4.97. The summed E-state index contributed by atoms with van der Waals surface area (Å²) in [4.78, 5) is 20.4. The van der Waals surface area contributed by atoms with Gasteiger partial charge >= 0.3 is 0 Å². The van der Waals surface area contributed by atoms with Crippen molar-refractivity contribution in [2.75, 3.05) is 52.4 Å². The smallest absolute Gasteiger partial charge is 0.219 e. The topological polar surface area (TPSA) is 60.0 Å². The first-order valence-corrected chi connectivity index (χ1v) is 9.87. The molecule has 0 radical (unpaired) electrons. The maximum Gasteiger partial charge on any atom is 0.219 e. The minimum atomic E-state index is 0. The highest BCUT2D eigenvalue weighted by Crippen LogP contribution is 2.19. The number of carbonyl (C=O) groups is 1. The Morgan fingerprint density at radius 2 is 1.96 bits per heavy atom. The second-order valence-electron chi connectivity index (χ2n) is 6.89. The van der Waals surface area contributed by atoms with E-state index >= 15 is 0 Å². The van der Waals surface area contributed by atoms with Gasteiger partial charge in [-0.1, -0.05) is 11.6 Å². The Kier molecular flexibility index (Phi) is 11.9. The van der Waals surface area contributed by atoms with E-state index in [1.807, 2.05) is 4.90 Å². The Morgan fingerprint density at radius 1 is 1.19 bits per heavy atom. The fourth-order valence-electron chi connectivity index (χ4n) is 3.40. The molecule has 2 N–H and O–H groups in total. The van der Waals surface area contributed by atoms with Crippen LogP contribution in [0.1, 0.15) is 46.0 Å². The molecule has 0 bridgehead atoms. The van der Waals surface area contributed by atoms with Gasteiger partial charge in [-0.3, -0.25) is 14.7 Å². The van der Waals surface area contributed by atoms with Gasteiger partial charge in [0.1, 0.15) is 0 Å². The molecule has 1 amide bonds. The number of piperazine rings is 1. The summed E-state index contributed by atoms with van der Waals surface area (Å²) in [7, 11) is 0. The van der Waals surface area contributed by atoms with Crippen LogP contribution in [-0.4, -0.2) is 74.0 Å². The SMILES string of the molecule is CCNC(=NCCN1CCN(C(C)=O)CC1)NCCC1=CCCCC1.I. The lowest BCUT2D eigenvalue weighted by molar-refractivity contribution is -0.130. The molecule has 2 rings (SSSR count). The number of allylic oxidation sites excluding steroid dienone is 1. The highest BCUT2D eigenvalue weighted by Gasteiger charge is 2.17. The van der Waals surface area contributed by atoms with E-state index < -0.39 is 0 Å². The van der Waals surface area contributed by atoms with Crippen LogP contribution >= 0.6 is 24.0 Å². The van der Waals surface area contributed by atoms with Crippen molar-refractivity contribution >= 4 is 35.8 Å². The zero-order valence-corrected chi connectivity index (χ0v) is 18.8. The van der Waals surface area contributed by atoms with Crippen LogP contribution in [0.5, 0.6) is 0 Å². The summed E-state index contributed by atoms with van der Waals surface area (Å²) in [5, 5.41) is 6.78. The molecule has 0 aromatic heterocycles. The number of nitrogens with zero attached hydrogens (tertiary/aromatic N) is 3. The van der Waals surface area contributed by atoms with Crippen molar-refractivity contribution in [3.05, 3.63) is 11.6 Å². The summed E-state index contributed by atoms with van der Waals surface area (Å²) in [6.45, 7) is 10.9. The van der Waals surface area contributed by atoms with Crippen molar-refractivity contribution in [1.29, 1.82) is 0 Å². The molecule has 7 heteroatoms. The van der Waals surface area contributed by atoms with Gasteiger partial charge in [0, 0.05) is 52.7 Å². The van der Waals surface area contributed by atoms with Crippen molar-refractivity contribution in [3.63, 3.8) is 0 Å². The van der Waals surface area contributed by atoms with Gasteiger partial charge in [0.05, 0.1) is 6.54 Å². The number of hydrogen-bond donors (Lipinski definition) is 2. The molecule has 0 atom stereocenters. The van der Waals surface area contributed by atoms with Crippen LogP contribution in [0, 0.1) is 0 Å². The van der Waals surface area contributed by atoms with Crippen LogP contribution < -0.4 is 10.6 Å². The predicted octanol–water partition coefficient (Wildman–Crippen LogP) is 2.21. The molecule has 0 saturated carbocycles. The molecule has 1 aliphatic carbocycles. The van der Waals surface area contributed by atoms with E-state index in [1.165, 1.54) is 25.7 Å². The number of carbonyl (C=O) groups excluding carboxylic acids is 1. The zero-order valence-electron chi connectivity index (χ0n) is 16.4. The third kappa shape index (κ3) is 8.70. The molecule has 0 spiro atoms. The highest BCUT2D eigenvalue weighted by atomic mass is 127. The molecule has 1 aliphatic heterocycles. The quantitative estimate of drug-likeness (QED) is 0.256. The van der Waals surface area contributed by atoms with Crippen molar-refractivity contribution in [3.8, 4) is 0 Å². The van der Waals surface area contributed by atoms with Crippen molar-refractivity contribution < 1.29 is 4.79 Å². The molecule has 1 heterocycles. The lowest BCUT2D eigenvalue weighted by atomic mass is 9.97. The summed E-state index contributed by atoms with van der Waals surface area (Å²) < 4.78 is 0. The van der Waals surface area contributed by atoms with E-state index in [4.69, 9.17) is 4.99 Å². The van der Waals surface area contributed by atoms with Gasteiger partial charge in [-0.15, -0.1) is 24.0 Å². The summed E-state index contributed by atoms with van der Waals surface area (Å²) in [5.74, 6) is 1.10. The van der Waals surface area contributed by atoms with Crippen LogP contribution in [0.25, 0.3) is 0 Å². The molecule has 0 aromatic rings. The molecule has 0 aromatic carbocycles. The summed E-state index contributed by atoms with van der Waals surface area (Å²) in [6.07, 6.45) is 8.74. The molecular weight excluding hydrogens is 441 g/mol. The summed E-state index contributed by atoms with van der Waals surface area (Å²) >= 11 is 0. The molecular formula is C19H36IN5O. The molecule has 6 nitrogen and oxygen atoms in total. The highest BCUT2D eigenvalue weighted by molar-refractivity contribution is 14.0. The molecule has 150 valence electrons. The van der Waals surface area contributed by atoms with Crippen LogP contribution in [0.2, 0.25) is 0 Å².